The highest BCUT2D eigenvalue weighted by Crippen LogP contribution is 2.36. The normalized spacial score (nSPS) is 31.1. The molecule has 5 nitrogen and oxygen atoms in total. The molecule has 0 aliphatic carbocycles. The van der Waals surface area contributed by atoms with Crippen LogP contribution < -0.4 is 0 Å². The minimum atomic E-state index is -0.625. The van der Waals surface area contributed by atoms with Crippen molar-refractivity contribution in [2.24, 2.45) is 5.92 Å². The number of hydrogen-bond donors (Lipinski definition) is 1. The van der Waals surface area contributed by atoms with Gasteiger partial charge in [-0.1, -0.05) is 29.8 Å². The summed E-state index contributed by atoms with van der Waals surface area (Å²) in [6.07, 6.45) is -1.00. The number of aliphatic hydroxyl groups excluding tert-OH is 1. The Morgan fingerprint density at radius 2 is 2.30 bits per heavy atom. The van der Waals surface area contributed by atoms with Gasteiger partial charge in [0.1, 0.15) is 12.1 Å². The molecule has 108 valence electrons. The monoisotopic (exact) mass is 277 g/mol. The predicted molar refractivity (Wildman–Crippen MR) is 71.5 cm³/mol. The first kappa shape index (κ1) is 13.5. The van der Waals surface area contributed by atoms with Gasteiger partial charge in [-0.2, -0.15) is 5.06 Å². The lowest BCUT2D eigenvalue weighted by Crippen LogP contribution is -2.35. The van der Waals surface area contributed by atoms with E-state index in [1.54, 1.807) is 12.0 Å². The summed E-state index contributed by atoms with van der Waals surface area (Å²) >= 11 is 0. The summed E-state index contributed by atoms with van der Waals surface area (Å²) in [5.74, 6) is -0.349. The molecule has 2 saturated heterocycles. The Kier molecular flexibility index (Phi) is 3.50. The van der Waals surface area contributed by atoms with Crippen molar-refractivity contribution in [2.45, 2.75) is 38.6 Å². The summed E-state index contributed by atoms with van der Waals surface area (Å²) < 4.78 is 5.12. The van der Waals surface area contributed by atoms with Crippen molar-refractivity contribution in [2.75, 3.05) is 6.61 Å². The standard InChI is InChI=1S/C15H19NO4/c1-9-4-3-5-11(6-9)7-16-13-12(8-19-15(13)18)14(20-16)10(2)17/h3-6,10,12-14,17H,7-8H2,1-2H3/t10-,12?,13?,14+/m1/s1. The fraction of sp³-hybridized carbons (Fsp3) is 0.533. The number of rotatable bonds is 3. The zero-order valence-corrected chi connectivity index (χ0v) is 11.7. The maximum atomic E-state index is 11.9. The maximum Gasteiger partial charge on any atom is 0.326 e. The summed E-state index contributed by atoms with van der Waals surface area (Å²) in [6, 6.07) is 7.67. The SMILES string of the molecule is Cc1cccc(CN2O[C@@H]([C@@H](C)O)C3COC(=O)C32)c1. The van der Waals surface area contributed by atoms with E-state index in [0.29, 0.717) is 13.2 Å². The largest absolute Gasteiger partial charge is 0.464 e. The summed E-state index contributed by atoms with van der Waals surface area (Å²) in [6.45, 7) is 4.55. The van der Waals surface area contributed by atoms with E-state index in [0.717, 1.165) is 5.56 Å². The highest BCUT2D eigenvalue weighted by atomic mass is 16.7. The lowest BCUT2D eigenvalue weighted by Gasteiger charge is -2.21. The molecular formula is C15H19NO4. The minimum Gasteiger partial charge on any atom is -0.464 e. The second-order valence-electron chi connectivity index (χ2n) is 5.61. The smallest absolute Gasteiger partial charge is 0.326 e. The summed E-state index contributed by atoms with van der Waals surface area (Å²) in [5.41, 5.74) is 2.24. The molecule has 20 heavy (non-hydrogen) atoms. The molecule has 2 unspecified atom stereocenters. The third-order valence-corrected chi connectivity index (χ3v) is 3.95. The molecule has 5 heteroatoms. The van der Waals surface area contributed by atoms with Gasteiger partial charge in [-0.3, -0.25) is 9.63 Å². The van der Waals surface area contributed by atoms with Crippen LogP contribution >= 0.6 is 0 Å². The topological polar surface area (TPSA) is 59.0 Å². The second kappa shape index (κ2) is 5.16. The molecule has 0 bridgehead atoms. The number of benzene rings is 1. The Balaban J connectivity index is 1.80. The van der Waals surface area contributed by atoms with Crippen molar-refractivity contribution < 1.29 is 19.5 Å². The zero-order chi connectivity index (χ0) is 14.3. The molecule has 1 aromatic rings. The van der Waals surface area contributed by atoms with Gasteiger partial charge < -0.3 is 9.84 Å². The first-order chi connectivity index (χ1) is 9.56. The van der Waals surface area contributed by atoms with Crippen LogP contribution in [-0.4, -0.2) is 41.0 Å². The van der Waals surface area contributed by atoms with Crippen molar-refractivity contribution in [1.29, 1.82) is 0 Å². The number of hydroxylamine groups is 2. The van der Waals surface area contributed by atoms with Crippen LogP contribution in [0.25, 0.3) is 0 Å². The summed E-state index contributed by atoms with van der Waals surface area (Å²) in [7, 11) is 0. The number of esters is 1. The fourth-order valence-corrected chi connectivity index (χ4v) is 3.01. The Morgan fingerprint density at radius 3 is 3.00 bits per heavy atom. The number of carbonyl (C=O) groups is 1. The van der Waals surface area contributed by atoms with E-state index in [1.807, 2.05) is 25.1 Å². The first-order valence-electron chi connectivity index (χ1n) is 6.90. The van der Waals surface area contributed by atoms with Crippen molar-refractivity contribution in [3.8, 4) is 0 Å². The fourth-order valence-electron chi connectivity index (χ4n) is 3.01. The quantitative estimate of drug-likeness (QED) is 0.836. The van der Waals surface area contributed by atoms with Crippen LogP contribution in [0.1, 0.15) is 18.1 Å². The van der Waals surface area contributed by atoms with Crippen LogP contribution in [0.2, 0.25) is 0 Å². The Bertz CT molecular complexity index is 516. The number of hydrogen-bond acceptors (Lipinski definition) is 5. The van der Waals surface area contributed by atoms with Crippen LogP contribution in [-0.2, 0) is 20.9 Å². The molecule has 2 aliphatic rings. The number of nitrogens with zero attached hydrogens (tertiary/aromatic N) is 1. The Labute approximate surface area is 118 Å². The van der Waals surface area contributed by atoms with Crippen LogP contribution in [0.15, 0.2) is 24.3 Å². The van der Waals surface area contributed by atoms with Crippen molar-refractivity contribution in [3.63, 3.8) is 0 Å². The number of fused-ring (bicyclic) bond motifs is 1. The summed E-state index contributed by atoms with van der Waals surface area (Å²) in [5, 5.41) is 11.5. The van der Waals surface area contributed by atoms with E-state index in [4.69, 9.17) is 9.57 Å². The zero-order valence-electron chi connectivity index (χ0n) is 11.7. The van der Waals surface area contributed by atoms with Gasteiger partial charge in [0.25, 0.3) is 0 Å². The summed E-state index contributed by atoms with van der Waals surface area (Å²) in [4.78, 5) is 17.7. The average Bonchev–Trinajstić information content (AvgIpc) is 2.92. The average molecular weight is 277 g/mol. The van der Waals surface area contributed by atoms with Gasteiger partial charge in [0.15, 0.2) is 0 Å². The van der Waals surface area contributed by atoms with Gasteiger partial charge in [0.05, 0.1) is 25.2 Å². The Morgan fingerprint density at radius 1 is 1.50 bits per heavy atom. The first-order valence-corrected chi connectivity index (χ1v) is 6.90. The Hall–Kier alpha value is -1.43. The van der Waals surface area contributed by atoms with E-state index < -0.39 is 12.1 Å². The molecule has 0 amide bonds. The van der Waals surface area contributed by atoms with Crippen molar-refractivity contribution in [3.05, 3.63) is 35.4 Å². The van der Waals surface area contributed by atoms with Crippen molar-refractivity contribution in [1.82, 2.24) is 5.06 Å². The van der Waals surface area contributed by atoms with Crippen LogP contribution in [0, 0.1) is 12.8 Å². The molecule has 0 saturated carbocycles. The molecule has 0 spiro atoms. The van der Waals surface area contributed by atoms with E-state index in [2.05, 4.69) is 6.07 Å². The highest BCUT2D eigenvalue weighted by molar-refractivity contribution is 5.78. The third kappa shape index (κ3) is 2.32. The number of aliphatic hydroxyl groups is 1. The molecule has 2 aliphatic heterocycles. The molecule has 0 radical (unpaired) electrons. The molecule has 0 aromatic heterocycles. The lowest BCUT2D eigenvalue weighted by molar-refractivity contribution is -0.202. The number of aryl methyl sites for hydroxylation is 1. The van der Waals surface area contributed by atoms with E-state index >= 15 is 0 Å². The van der Waals surface area contributed by atoms with Gasteiger partial charge >= 0.3 is 5.97 Å². The number of ether oxygens (including phenoxy) is 1. The molecular weight excluding hydrogens is 258 g/mol. The molecule has 1 N–H and O–H groups in total. The van der Waals surface area contributed by atoms with Crippen LogP contribution in [0.3, 0.4) is 0 Å². The lowest BCUT2D eigenvalue weighted by atomic mass is 9.95. The van der Waals surface area contributed by atoms with E-state index in [-0.39, 0.29) is 18.0 Å². The number of carbonyl (C=O) groups excluding carboxylic acids is 1. The van der Waals surface area contributed by atoms with E-state index in [9.17, 15) is 9.90 Å². The van der Waals surface area contributed by atoms with Gasteiger partial charge in [0, 0.05) is 0 Å². The maximum absolute atomic E-state index is 11.9. The second-order valence-corrected chi connectivity index (χ2v) is 5.61. The van der Waals surface area contributed by atoms with Crippen LogP contribution in [0.5, 0.6) is 0 Å². The van der Waals surface area contributed by atoms with Gasteiger partial charge in [-0.25, -0.2) is 0 Å². The minimum absolute atomic E-state index is 0.0905. The molecule has 2 heterocycles. The van der Waals surface area contributed by atoms with Gasteiger partial charge in [-0.15, -0.1) is 0 Å². The predicted octanol–water partition coefficient (Wildman–Crippen LogP) is 1.03. The van der Waals surface area contributed by atoms with Crippen molar-refractivity contribution >= 4 is 5.97 Å². The van der Waals surface area contributed by atoms with Crippen LogP contribution in [0.4, 0.5) is 0 Å². The molecule has 4 atom stereocenters. The molecule has 2 fully saturated rings. The molecule has 3 rings (SSSR count). The van der Waals surface area contributed by atoms with Gasteiger partial charge in [-0.05, 0) is 19.4 Å². The highest BCUT2D eigenvalue weighted by Gasteiger charge is 2.54. The van der Waals surface area contributed by atoms with Gasteiger partial charge in [0.2, 0.25) is 0 Å². The van der Waals surface area contributed by atoms with E-state index in [1.165, 1.54) is 5.56 Å². The number of cyclic esters (lactones) is 1. The third-order valence-electron chi connectivity index (χ3n) is 3.95. The molecule has 1 aromatic carbocycles.